The van der Waals surface area contributed by atoms with Gasteiger partial charge in [0, 0.05) is 26.2 Å². The molecule has 20 heavy (non-hydrogen) atoms. The summed E-state index contributed by atoms with van der Waals surface area (Å²) in [5.41, 5.74) is 0.948. The molecule has 0 radical (unpaired) electrons. The van der Waals surface area contributed by atoms with Crippen LogP contribution in [0.25, 0.3) is 11.1 Å². The maximum atomic E-state index is 11.8. The van der Waals surface area contributed by atoms with E-state index in [0.717, 1.165) is 24.9 Å². The summed E-state index contributed by atoms with van der Waals surface area (Å²) in [6.45, 7) is 4.84. The molecule has 0 bridgehead atoms. The molecule has 5 nitrogen and oxygen atoms in total. The number of oxazole rings is 1. The van der Waals surface area contributed by atoms with Crippen LogP contribution in [0.1, 0.15) is 19.8 Å². The van der Waals surface area contributed by atoms with Crippen LogP contribution >= 0.6 is 0 Å². The van der Waals surface area contributed by atoms with Crippen molar-refractivity contribution in [2.75, 3.05) is 19.6 Å². The molecule has 0 unspecified atom stereocenters. The molecule has 0 amide bonds. The second kappa shape index (κ2) is 5.07. The SMILES string of the molecule is CCCC1(O)CN(CCn2c(=O)oc3ccccc32)C1. The summed E-state index contributed by atoms with van der Waals surface area (Å²) in [5.74, 6) is -0.310. The van der Waals surface area contributed by atoms with Gasteiger partial charge < -0.3 is 9.52 Å². The standard InChI is InChI=1S/C15H20N2O3/c1-2-7-15(19)10-16(11-15)8-9-17-12-5-3-4-6-13(12)20-14(17)18/h3-6,19H,2,7-11H2,1H3. The Balaban J connectivity index is 1.64. The highest BCUT2D eigenvalue weighted by Gasteiger charge is 2.39. The van der Waals surface area contributed by atoms with E-state index < -0.39 is 5.60 Å². The minimum absolute atomic E-state index is 0.310. The van der Waals surface area contributed by atoms with Crippen LogP contribution in [-0.4, -0.2) is 39.8 Å². The van der Waals surface area contributed by atoms with Crippen LogP contribution in [0.15, 0.2) is 33.5 Å². The molecular formula is C15H20N2O3. The zero-order valence-corrected chi connectivity index (χ0v) is 11.7. The van der Waals surface area contributed by atoms with E-state index >= 15 is 0 Å². The zero-order chi connectivity index (χ0) is 14.2. The number of aromatic nitrogens is 1. The van der Waals surface area contributed by atoms with Gasteiger partial charge in [-0.3, -0.25) is 9.47 Å². The van der Waals surface area contributed by atoms with Crippen LogP contribution < -0.4 is 5.76 Å². The van der Waals surface area contributed by atoms with E-state index in [4.69, 9.17) is 4.42 Å². The Morgan fingerprint density at radius 2 is 2.05 bits per heavy atom. The topological polar surface area (TPSA) is 58.6 Å². The smallest absolute Gasteiger partial charge is 0.408 e. The van der Waals surface area contributed by atoms with Crippen molar-refractivity contribution in [3.05, 3.63) is 34.8 Å². The summed E-state index contributed by atoms with van der Waals surface area (Å²) in [4.78, 5) is 14.0. The average molecular weight is 276 g/mol. The summed E-state index contributed by atoms with van der Waals surface area (Å²) < 4.78 is 6.86. The third kappa shape index (κ3) is 2.39. The van der Waals surface area contributed by atoms with Crippen molar-refractivity contribution in [3.8, 4) is 0 Å². The molecule has 108 valence electrons. The molecular weight excluding hydrogens is 256 g/mol. The van der Waals surface area contributed by atoms with Crippen LogP contribution in [0.2, 0.25) is 0 Å². The number of benzene rings is 1. The highest BCUT2D eigenvalue weighted by Crippen LogP contribution is 2.25. The number of rotatable bonds is 5. The number of fused-ring (bicyclic) bond motifs is 1. The maximum Gasteiger partial charge on any atom is 0.419 e. The lowest BCUT2D eigenvalue weighted by atomic mass is 9.89. The van der Waals surface area contributed by atoms with Crippen molar-refractivity contribution in [2.24, 2.45) is 0 Å². The lowest BCUT2D eigenvalue weighted by Crippen LogP contribution is -2.62. The molecule has 1 fully saturated rings. The van der Waals surface area contributed by atoms with Crippen molar-refractivity contribution >= 4 is 11.1 Å². The van der Waals surface area contributed by atoms with E-state index in [1.807, 2.05) is 18.2 Å². The van der Waals surface area contributed by atoms with Gasteiger partial charge in [0.05, 0.1) is 11.1 Å². The molecule has 3 rings (SSSR count). The van der Waals surface area contributed by atoms with Crippen LogP contribution in [0.3, 0.4) is 0 Å². The molecule has 0 saturated carbocycles. The summed E-state index contributed by atoms with van der Waals surface area (Å²) in [7, 11) is 0. The first kappa shape index (κ1) is 13.4. The third-order valence-corrected chi connectivity index (χ3v) is 3.96. The van der Waals surface area contributed by atoms with Crippen molar-refractivity contribution in [3.63, 3.8) is 0 Å². The van der Waals surface area contributed by atoms with Crippen molar-refractivity contribution in [1.82, 2.24) is 9.47 Å². The Hall–Kier alpha value is -1.59. The van der Waals surface area contributed by atoms with Gasteiger partial charge in [0.2, 0.25) is 0 Å². The van der Waals surface area contributed by atoms with Gasteiger partial charge in [0.25, 0.3) is 0 Å². The number of hydrogen-bond acceptors (Lipinski definition) is 4. The molecule has 1 aliphatic rings. The minimum atomic E-state index is -0.516. The summed E-state index contributed by atoms with van der Waals surface area (Å²) >= 11 is 0. The summed E-state index contributed by atoms with van der Waals surface area (Å²) in [6, 6.07) is 7.45. The van der Waals surface area contributed by atoms with E-state index in [2.05, 4.69) is 11.8 Å². The second-order valence-corrected chi connectivity index (χ2v) is 5.67. The van der Waals surface area contributed by atoms with Crippen molar-refractivity contribution < 1.29 is 9.52 Å². The lowest BCUT2D eigenvalue weighted by molar-refractivity contribution is -0.103. The number of β-amino-alcohol motifs (C(OH)–C–C–N with tert-alkyl or cyclic N) is 1. The number of para-hydroxylation sites is 2. The van der Waals surface area contributed by atoms with E-state index in [1.165, 1.54) is 0 Å². The van der Waals surface area contributed by atoms with Gasteiger partial charge in [-0.05, 0) is 18.6 Å². The Labute approximate surface area is 117 Å². The van der Waals surface area contributed by atoms with Crippen molar-refractivity contribution in [2.45, 2.75) is 31.9 Å². The van der Waals surface area contributed by atoms with Gasteiger partial charge in [-0.2, -0.15) is 0 Å². The van der Waals surface area contributed by atoms with Crippen LogP contribution in [0, 0.1) is 0 Å². The Morgan fingerprint density at radius 3 is 2.80 bits per heavy atom. The molecule has 1 aliphatic heterocycles. The molecule has 1 saturated heterocycles. The summed E-state index contributed by atoms with van der Waals surface area (Å²) in [6.07, 6.45) is 1.84. The fourth-order valence-corrected chi connectivity index (χ4v) is 3.03. The van der Waals surface area contributed by atoms with Crippen LogP contribution in [-0.2, 0) is 6.54 Å². The van der Waals surface area contributed by atoms with Gasteiger partial charge in [0.1, 0.15) is 0 Å². The second-order valence-electron chi connectivity index (χ2n) is 5.67. The number of likely N-dealkylation sites (tertiary alicyclic amines) is 1. The quantitative estimate of drug-likeness (QED) is 0.898. The van der Waals surface area contributed by atoms with Gasteiger partial charge in [-0.15, -0.1) is 0 Å². The number of hydrogen-bond donors (Lipinski definition) is 1. The fraction of sp³-hybridized carbons (Fsp3) is 0.533. The molecule has 2 aromatic rings. The first-order valence-electron chi connectivity index (χ1n) is 7.14. The Kier molecular flexibility index (Phi) is 3.40. The minimum Gasteiger partial charge on any atom is -0.408 e. The predicted octanol–water partition coefficient (Wildman–Crippen LogP) is 1.44. The molecule has 1 aromatic heterocycles. The molecule has 0 aliphatic carbocycles. The zero-order valence-electron chi connectivity index (χ0n) is 11.7. The van der Waals surface area contributed by atoms with E-state index in [-0.39, 0.29) is 5.76 Å². The highest BCUT2D eigenvalue weighted by molar-refractivity contribution is 5.72. The largest absolute Gasteiger partial charge is 0.419 e. The lowest BCUT2D eigenvalue weighted by Gasteiger charge is -2.46. The normalized spacial score (nSPS) is 18.3. The first-order chi connectivity index (χ1) is 9.61. The first-order valence-corrected chi connectivity index (χ1v) is 7.14. The molecule has 1 aromatic carbocycles. The van der Waals surface area contributed by atoms with E-state index in [1.54, 1.807) is 10.6 Å². The van der Waals surface area contributed by atoms with Gasteiger partial charge in [-0.1, -0.05) is 25.5 Å². The molecule has 2 heterocycles. The third-order valence-electron chi connectivity index (χ3n) is 3.96. The van der Waals surface area contributed by atoms with Gasteiger partial charge in [-0.25, -0.2) is 4.79 Å². The number of aliphatic hydroxyl groups is 1. The van der Waals surface area contributed by atoms with Gasteiger partial charge in [0.15, 0.2) is 5.58 Å². The van der Waals surface area contributed by atoms with Crippen LogP contribution in [0.4, 0.5) is 0 Å². The Bertz CT molecular complexity index is 652. The fourth-order valence-electron chi connectivity index (χ4n) is 3.03. The van der Waals surface area contributed by atoms with E-state index in [0.29, 0.717) is 25.2 Å². The van der Waals surface area contributed by atoms with E-state index in [9.17, 15) is 9.90 Å². The van der Waals surface area contributed by atoms with Crippen LogP contribution in [0.5, 0.6) is 0 Å². The molecule has 5 heteroatoms. The predicted molar refractivity (Wildman–Crippen MR) is 76.8 cm³/mol. The average Bonchev–Trinajstić information content (AvgIpc) is 2.70. The monoisotopic (exact) mass is 276 g/mol. The molecule has 1 N–H and O–H groups in total. The Morgan fingerprint density at radius 1 is 1.30 bits per heavy atom. The number of nitrogens with zero attached hydrogens (tertiary/aromatic N) is 2. The van der Waals surface area contributed by atoms with Gasteiger partial charge >= 0.3 is 5.76 Å². The molecule has 0 atom stereocenters. The maximum absolute atomic E-state index is 11.8. The van der Waals surface area contributed by atoms with Crippen molar-refractivity contribution in [1.29, 1.82) is 0 Å². The highest BCUT2D eigenvalue weighted by atomic mass is 16.4. The molecule has 0 spiro atoms. The summed E-state index contributed by atoms with van der Waals surface area (Å²) in [5, 5.41) is 10.1.